The molecule has 6 aliphatic carbocycles. The Hall–Kier alpha value is -4.30. The SMILES string of the molecule is C[C@@H]1C(Nc2nc(-n3[se]c4ccccc4c3=O)nc3nc[nH]c23)C[C@H]2C[C@@H]1C2(C)C.C[C@@H]1C(Nc2nc(N)nc3nc[nH]c23)C[C@H]2C[C@@H]1C2(C)C.O=C(Cl)c1ccccc1[Se]Cl. The fourth-order valence-corrected chi connectivity index (χ4v) is 14.5. The molecular formula is C44H50Cl2N12O2Se2. The van der Waals surface area contributed by atoms with Crippen LogP contribution in [0.4, 0.5) is 17.6 Å². The molecular weight excluding hydrogens is 957 g/mol. The second-order valence-electron chi connectivity index (χ2n) is 18.5. The van der Waals surface area contributed by atoms with E-state index >= 15 is 0 Å². The van der Waals surface area contributed by atoms with E-state index in [1.165, 1.54) is 19.3 Å². The molecule has 6 fully saturated rings. The van der Waals surface area contributed by atoms with E-state index in [9.17, 15) is 9.59 Å². The van der Waals surface area contributed by atoms with Gasteiger partial charge in [-0.15, -0.1) is 0 Å². The summed E-state index contributed by atoms with van der Waals surface area (Å²) in [7, 11) is 5.63. The molecule has 2 unspecified atom stereocenters. The van der Waals surface area contributed by atoms with Gasteiger partial charge in [0, 0.05) is 6.04 Å². The molecule has 0 amide bonds. The van der Waals surface area contributed by atoms with Gasteiger partial charge >= 0.3 is 260 Å². The van der Waals surface area contributed by atoms with Crippen molar-refractivity contribution in [2.45, 2.75) is 79.3 Å². The summed E-state index contributed by atoms with van der Waals surface area (Å²) < 4.78 is 3.61. The van der Waals surface area contributed by atoms with Gasteiger partial charge in [-0.1, -0.05) is 20.8 Å². The summed E-state index contributed by atoms with van der Waals surface area (Å²) in [6, 6.07) is 15.7. The molecule has 5 aromatic heterocycles. The van der Waals surface area contributed by atoms with E-state index in [0.29, 0.717) is 57.6 Å². The number of carbonyl (C=O) groups excluding carboxylic acids is 1. The first kappa shape index (κ1) is 43.0. The summed E-state index contributed by atoms with van der Waals surface area (Å²) in [5.41, 5.74) is 10.1. The predicted molar refractivity (Wildman–Crippen MR) is 249 cm³/mol. The average Bonchev–Trinajstić information content (AvgIpc) is 4.01. The Morgan fingerprint density at radius 3 is 1.89 bits per heavy atom. The number of nitrogens with zero attached hydrogens (tertiary/aromatic N) is 7. The van der Waals surface area contributed by atoms with Gasteiger partial charge < -0.3 is 16.0 Å². The second-order valence-corrected chi connectivity index (χ2v) is 22.9. The Bertz CT molecular complexity index is 2850. The van der Waals surface area contributed by atoms with Gasteiger partial charge in [0.1, 0.15) is 5.52 Å². The maximum absolute atomic E-state index is 13.0. The summed E-state index contributed by atoms with van der Waals surface area (Å²) >= 11 is 4.94. The Morgan fingerprint density at radius 1 is 0.806 bits per heavy atom. The van der Waals surface area contributed by atoms with Crippen LogP contribution in [0.1, 0.15) is 77.6 Å². The van der Waals surface area contributed by atoms with E-state index in [2.05, 4.69) is 87.1 Å². The van der Waals surface area contributed by atoms with Crippen LogP contribution in [0.15, 0.2) is 66.0 Å². The van der Waals surface area contributed by atoms with Crippen molar-refractivity contribution in [1.29, 1.82) is 0 Å². The molecule has 6 N–H and O–H groups in total. The molecule has 8 atom stereocenters. The van der Waals surface area contributed by atoms with E-state index < -0.39 is 5.24 Å². The van der Waals surface area contributed by atoms with Crippen molar-refractivity contribution in [3.8, 4) is 5.95 Å². The Balaban J connectivity index is 0.000000133. The van der Waals surface area contributed by atoms with Crippen LogP contribution in [0.25, 0.3) is 37.9 Å². The zero-order chi connectivity index (χ0) is 43.7. The molecule has 0 spiro atoms. The van der Waals surface area contributed by atoms with E-state index in [1.807, 2.05) is 36.4 Å². The second kappa shape index (κ2) is 16.7. The number of nitrogens with two attached hydrogens (primary N) is 1. The van der Waals surface area contributed by atoms with Gasteiger partial charge in [0.2, 0.25) is 5.95 Å². The average molecular weight is 1010 g/mol. The third kappa shape index (κ3) is 7.64. The summed E-state index contributed by atoms with van der Waals surface area (Å²) in [6.07, 6.45) is 8.34. The number of nitrogen functional groups attached to an aromatic ring is 1. The number of hydrogen-bond donors (Lipinski definition) is 5. The van der Waals surface area contributed by atoms with Crippen molar-refractivity contribution in [2.75, 3.05) is 16.4 Å². The first-order chi connectivity index (χ1) is 29.6. The molecule has 324 valence electrons. The van der Waals surface area contributed by atoms with Crippen LogP contribution in [0.3, 0.4) is 0 Å². The number of aromatic amines is 2. The van der Waals surface area contributed by atoms with Crippen LogP contribution in [0.2, 0.25) is 0 Å². The third-order valence-corrected chi connectivity index (χ3v) is 19.2. The van der Waals surface area contributed by atoms with Gasteiger partial charge in [0.25, 0.3) is 0 Å². The number of hydrogen-bond acceptors (Lipinski definition) is 11. The molecule has 7 aromatic rings. The first-order valence-corrected chi connectivity index (χ1v) is 26.2. The van der Waals surface area contributed by atoms with Gasteiger partial charge in [0.05, 0.1) is 6.33 Å². The Labute approximate surface area is 380 Å². The van der Waals surface area contributed by atoms with Gasteiger partial charge in [-0.25, -0.2) is 4.98 Å². The minimum atomic E-state index is -0.442. The predicted octanol–water partition coefficient (Wildman–Crippen LogP) is 7.16. The molecule has 14 nitrogen and oxygen atoms in total. The van der Waals surface area contributed by atoms with Gasteiger partial charge in [-0.2, -0.15) is 9.97 Å². The van der Waals surface area contributed by atoms with Gasteiger partial charge in [-0.05, 0) is 36.0 Å². The number of nitrogens with one attached hydrogen (secondary N) is 4. The number of anilines is 3. The zero-order valence-corrected chi connectivity index (χ0v) is 40.3. The molecule has 0 radical (unpaired) electrons. The summed E-state index contributed by atoms with van der Waals surface area (Å²) in [6.45, 7) is 14.4. The van der Waals surface area contributed by atoms with E-state index in [1.54, 1.807) is 28.3 Å². The fraction of sp³-hybridized carbons (Fsp3) is 0.455. The molecule has 0 saturated heterocycles. The van der Waals surface area contributed by atoms with Crippen LogP contribution in [0.5, 0.6) is 0 Å². The number of halogens is 2. The number of imidazole rings is 2. The van der Waals surface area contributed by atoms with E-state index in [-0.39, 0.29) is 40.3 Å². The van der Waals surface area contributed by atoms with Gasteiger partial charge in [-0.3, -0.25) is 0 Å². The number of H-pyrrole nitrogens is 2. The monoisotopic (exact) mass is 1010 g/mol. The quantitative estimate of drug-likeness (QED) is 0.0803. The van der Waals surface area contributed by atoms with Crippen molar-refractivity contribution in [3.05, 3.63) is 77.1 Å². The van der Waals surface area contributed by atoms with E-state index in [0.717, 1.165) is 66.9 Å². The molecule has 5 heterocycles. The normalized spacial score (nSPS) is 26.3. The maximum atomic E-state index is 13.0. The molecule has 0 aliphatic heterocycles. The zero-order valence-electron chi connectivity index (χ0n) is 35.3. The summed E-state index contributed by atoms with van der Waals surface area (Å²) in [5.74, 6) is 6.56. The standard InChI is InChI=1S/C22H24N6OSe.C15H22N6.C7H4Cl2OSe/c1-11-14-8-12(22(14,2)3)9-15(11)25-19-17-18(24-10-23-17)26-21(27-19)28-20(29)13-6-4-5-7-16(13)30-28;1-7-9-4-8(15(9,2)3)5-10(7)19-13-11-12(18-6-17-11)20-14(16)21-13;8-7(10)5-3-1-2-4-6(5)11-9/h4-7,10-12,14-15H,8-9H2,1-3H3,(H2,23,24,25,26,27);6-10H,4-5H2,1-3H3,(H4,16,17,18,19,20,21);1-4H/t11-,12+,14-,15?;7-,8+,9-,10?;/m00./s1. The third-order valence-electron chi connectivity index (χ3n) is 14.8. The van der Waals surface area contributed by atoms with Crippen molar-refractivity contribution >= 4 is 110 Å². The van der Waals surface area contributed by atoms with Crippen LogP contribution in [-0.4, -0.2) is 89.5 Å². The topological polar surface area (TPSA) is 198 Å². The van der Waals surface area contributed by atoms with Crippen LogP contribution in [0, 0.1) is 46.3 Å². The van der Waals surface area contributed by atoms with E-state index in [4.69, 9.17) is 32.4 Å². The molecule has 4 bridgehead atoms. The number of aromatic nitrogens is 9. The summed E-state index contributed by atoms with van der Waals surface area (Å²) in [4.78, 5) is 56.4. The molecule has 62 heavy (non-hydrogen) atoms. The van der Waals surface area contributed by atoms with Crippen LogP contribution in [-0.2, 0) is 0 Å². The van der Waals surface area contributed by atoms with Crippen molar-refractivity contribution in [3.63, 3.8) is 0 Å². The molecule has 13 rings (SSSR count). The number of benzene rings is 2. The Morgan fingerprint density at radius 2 is 1.35 bits per heavy atom. The van der Waals surface area contributed by atoms with Crippen molar-refractivity contribution in [1.82, 2.24) is 43.4 Å². The molecule has 2 aromatic carbocycles. The molecule has 6 saturated carbocycles. The fourth-order valence-electron chi connectivity index (χ4n) is 10.8. The van der Waals surface area contributed by atoms with Gasteiger partial charge in [0.15, 0.2) is 11.5 Å². The first-order valence-electron chi connectivity index (χ1n) is 21.0. The van der Waals surface area contributed by atoms with Crippen molar-refractivity contribution < 1.29 is 4.79 Å². The van der Waals surface area contributed by atoms with Crippen molar-refractivity contribution in [2.24, 2.45) is 46.3 Å². The minimum absolute atomic E-state index is 0.0273. The van der Waals surface area contributed by atoms with Crippen LogP contribution >= 0.6 is 21.7 Å². The molecule has 6 aliphatic rings. The number of carbonyl (C=O) groups is 1. The number of rotatable bonds is 7. The summed E-state index contributed by atoms with van der Waals surface area (Å²) in [5, 5.41) is 7.61. The number of fused-ring (bicyclic) bond motifs is 7. The van der Waals surface area contributed by atoms with Crippen LogP contribution < -0.4 is 26.4 Å². The molecule has 18 heteroatoms. The Kier molecular flexibility index (Phi) is 11.6.